The van der Waals surface area contributed by atoms with Crippen LogP contribution in [-0.4, -0.2) is 12.1 Å². The van der Waals surface area contributed by atoms with Gasteiger partial charge in [0, 0.05) is 6.42 Å². The van der Waals surface area contributed by atoms with Crippen molar-refractivity contribution >= 4 is 12.1 Å². The van der Waals surface area contributed by atoms with Gasteiger partial charge < -0.3 is 0 Å². The third kappa shape index (κ3) is 0.557. The summed E-state index contributed by atoms with van der Waals surface area (Å²) in [7, 11) is 0. The van der Waals surface area contributed by atoms with E-state index in [4.69, 9.17) is 0 Å². The van der Waals surface area contributed by atoms with Crippen LogP contribution in [-0.2, 0) is 9.59 Å². The molecule has 0 amide bonds. The van der Waals surface area contributed by atoms with Crippen molar-refractivity contribution < 1.29 is 9.59 Å². The first-order valence-corrected chi connectivity index (χ1v) is 2.25. The lowest BCUT2D eigenvalue weighted by atomic mass is 9.85. The average Bonchev–Trinajstić information content (AvgIpc) is 1.65. The largest absolute Gasteiger partial charge is 0.299 e. The summed E-state index contributed by atoms with van der Waals surface area (Å²) >= 11 is 0. The molecule has 1 aliphatic carbocycles. The fourth-order valence-electron chi connectivity index (χ4n) is 0.531. The van der Waals surface area contributed by atoms with Crippen molar-refractivity contribution in [3.63, 3.8) is 0 Å². The van der Waals surface area contributed by atoms with Gasteiger partial charge in [-0.15, -0.1) is 0 Å². The fraction of sp³-hybridized carbons (Fsp3) is 0.600. The minimum Gasteiger partial charge on any atom is -0.299 e. The molecule has 37 valence electrons. The van der Waals surface area contributed by atoms with Crippen LogP contribution in [0, 0.1) is 5.92 Å². The van der Waals surface area contributed by atoms with Crippen molar-refractivity contribution in [2.75, 3.05) is 0 Å². The number of hydrogen-bond acceptors (Lipinski definition) is 2. The Kier molecular flexibility index (Phi) is 0.929. The molecule has 1 aliphatic rings. The molecular formula is C5H5O2. The maximum absolute atomic E-state index is 10.2. The van der Waals surface area contributed by atoms with Crippen LogP contribution in [0.5, 0.6) is 0 Å². The van der Waals surface area contributed by atoms with Gasteiger partial charge in [0.2, 0.25) is 6.29 Å². The highest BCUT2D eigenvalue weighted by molar-refractivity contribution is 5.98. The molecule has 1 atom stereocenters. The molecule has 0 aliphatic heterocycles. The van der Waals surface area contributed by atoms with Crippen LogP contribution in [0.1, 0.15) is 12.8 Å². The molecule has 1 unspecified atom stereocenters. The predicted octanol–water partition coefficient (Wildman–Crippen LogP) is 0.0752. The number of hydrogen-bond donors (Lipinski definition) is 0. The summed E-state index contributed by atoms with van der Waals surface area (Å²) in [6.45, 7) is 0. The van der Waals surface area contributed by atoms with Gasteiger partial charge in [-0.2, -0.15) is 0 Å². The molecule has 0 aromatic heterocycles. The smallest absolute Gasteiger partial charge is 0.209 e. The van der Waals surface area contributed by atoms with Gasteiger partial charge in [-0.1, -0.05) is 0 Å². The van der Waals surface area contributed by atoms with E-state index in [1.807, 2.05) is 0 Å². The molecule has 1 rings (SSSR count). The second-order valence-corrected chi connectivity index (χ2v) is 1.68. The summed E-state index contributed by atoms with van der Waals surface area (Å²) in [6, 6.07) is 0. The maximum Gasteiger partial charge on any atom is 0.209 e. The van der Waals surface area contributed by atoms with E-state index in [1.54, 1.807) is 6.29 Å². The van der Waals surface area contributed by atoms with Crippen LogP contribution in [0.3, 0.4) is 0 Å². The normalized spacial score (nSPS) is 29.1. The quantitative estimate of drug-likeness (QED) is 0.434. The number of carbonyl (C=O) groups excluding carboxylic acids is 2. The highest BCUT2D eigenvalue weighted by Gasteiger charge is 2.27. The first-order chi connectivity index (χ1) is 3.34. The molecule has 0 heterocycles. The van der Waals surface area contributed by atoms with Crippen molar-refractivity contribution in [1.82, 2.24) is 0 Å². The lowest BCUT2D eigenvalue weighted by molar-refractivity contribution is -0.126. The zero-order valence-electron chi connectivity index (χ0n) is 3.81. The van der Waals surface area contributed by atoms with Crippen LogP contribution in [0.2, 0.25) is 0 Å². The predicted molar refractivity (Wildman–Crippen MR) is 23.4 cm³/mol. The van der Waals surface area contributed by atoms with E-state index >= 15 is 0 Å². The summed E-state index contributed by atoms with van der Waals surface area (Å²) in [5, 5.41) is 0. The van der Waals surface area contributed by atoms with E-state index in [0.29, 0.717) is 6.42 Å². The molecule has 0 aromatic rings. The molecule has 1 radical (unpaired) electrons. The number of ketones is 1. The molecule has 2 nitrogen and oxygen atoms in total. The molecule has 0 spiro atoms. The highest BCUT2D eigenvalue weighted by Crippen LogP contribution is 2.18. The summed E-state index contributed by atoms with van der Waals surface area (Å²) in [5.41, 5.74) is 0. The van der Waals surface area contributed by atoms with Gasteiger partial charge in [0.05, 0.1) is 5.92 Å². The zero-order valence-corrected chi connectivity index (χ0v) is 3.81. The van der Waals surface area contributed by atoms with Gasteiger partial charge in [-0.25, -0.2) is 0 Å². The van der Waals surface area contributed by atoms with E-state index in [0.717, 1.165) is 6.42 Å². The third-order valence-electron chi connectivity index (χ3n) is 1.21. The van der Waals surface area contributed by atoms with E-state index in [-0.39, 0.29) is 11.7 Å². The van der Waals surface area contributed by atoms with Gasteiger partial charge in [0.15, 0.2) is 0 Å². The van der Waals surface area contributed by atoms with E-state index < -0.39 is 0 Å². The van der Waals surface area contributed by atoms with Gasteiger partial charge >= 0.3 is 0 Å². The lowest BCUT2D eigenvalue weighted by Crippen LogP contribution is -2.26. The number of Topliss-reactive ketones (excluding diaryl/α,β-unsaturated/α-hetero) is 1. The second-order valence-electron chi connectivity index (χ2n) is 1.68. The third-order valence-corrected chi connectivity index (χ3v) is 1.21. The van der Waals surface area contributed by atoms with Crippen molar-refractivity contribution in [2.45, 2.75) is 12.8 Å². The zero-order chi connectivity index (χ0) is 5.28. The van der Waals surface area contributed by atoms with Crippen LogP contribution in [0.4, 0.5) is 0 Å². The molecule has 2 heteroatoms. The SMILES string of the molecule is O=[C]C1CCC1=O. The van der Waals surface area contributed by atoms with Gasteiger partial charge in [0.25, 0.3) is 0 Å². The minimum absolute atomic E-state index is 0.0509. The monoisotopic (exact) mass is 97.0 g/mol. The van der Waals surface area contributed by atoms with Gasteiger partial charge in [-0.05, 0) is 6.42 Å². The fourth-order valence-corrected chi connectivity index (χ4v) is 0.531. The number of rotatable bonds is 1. The Hall–Kier alpha value is -0.660. The maximum atomic E-state index is 10.2. The van der Waals surface area contributed by atoms with Crippen molar-refractivity contribution in [1.29, 1.82) is 0 Å². The summed E-state index contributed by atoms with van der Waals surface area (Å²) < 4.78 is 0. The molecule has 7 heavy (non-hydrogen) atoms. The lowest BCUT2D eigenvalue weighted by Gasteiger charge is -2.15. The van der Waals surface area contributed by atoms with E-state index in [1.165, 1.54) is 0 Å². The second kappa shape index (κ2) is 1.45. The van der Waals surface area contributed by atoms with Crippen LogP contribution in [0.25, 0.3) is 0 Å². The molecule has 0 bridgehead atoms. The Morgan fingerprint density at radius 3 is 2.43 bits per heavy atom. The Bertz CT molecular complexity index is 107. The Morgan fingerprint density at radius 2 is 2.43 bits per heavy atom. The van der Waals surface area contributed by atoms with E-state index in [2.05, 4.69) is 0 Å². The van der Waals surface area contributed by atoms with Crippen LogP contribution in [0.15, 0.2) is 0 Å². The first-order valence-electron chi connectivity index (χ1n) is 2.25. The Labute approximate surface area is 41.5 Å². The summed E-state index contributed by atoms with van der Waals surface area (Å²) in [5.74, 6) is -0.310. The highest BCUT2D eigenvalue weighted by atomic mass is 16.1. The van der Waals surface area contributed by atoms with Crippen molar-refractivity contribution in [3.8, 4) is 0 Å². The van der Waals surface area contributed by atoms with E-state index in [9.17, 15) is 9.59 Å². The van der Waals surface area contributed by atoms with Crippen molar-refractivity contribution in [3.05, 3.63) is 0 Å². The van der Waals surface area contributed by atoms with Gasteiger partial charge in [0.1, 0.15) is 5.78 Å². The van der Waals surface area contributed by atoms with Gasteiger partial charge in [-0.3, -0.25) is 9.59 Å². The molecule has 1 saturated carbocycles. The van der Waals surface area contributed by atoms with Crippen molar-refractivity contribution in [2.24, 2.45) is 5.92 Å². The number of carbonyl (C=O) groups is 1. The van der Waals surface area contributed by atoms with Crippen LogP contribution >= 0.6 is 0 Å². The minimum atomic E-state index is -0.361. The molecule has 1 fully saturated rings. The van der Waals surface area contributed by atoms with Crippen LogP contribution < -0.4 is 0 Å². The Balaban J connectivity index is 2.43. The summed E-state index contributed by atoms with van der Waals surface area (Å²) in [4.78, 5) is 19.9. The average molecular weight is 97.1 g/mol. The Morgan fingerprint density at radius 1 is 1.71 bits per heavy atom. The first kappa shape index (κ1) is 4.50. The summed E-state index contributed by atoms with van der Waals surface area (Å²) in [6.07, 6.45) is 2.96. The molecular weight excluding hydrogens is 92.1 g/mol. The molecule has 0 aromatic carbocycles. The standard InChI is InChI=1S/C5H5O2/c6-3-4-1-2-5(4)7/h4H,1-2H2. The molecule has 0 N–H and O–H groups in total. The molecule has 0 saturated heterocycles. The topological polar surface area (TPSA) is 34.1 Å².